The van der Waals surface area contributed by atoms with E-state index in [9.17, 15) is 31.2 Å². The molecule has 0 aromatic heterocycles. The van der Waals surface area contributed by atoms with Crippen molar-refractivity contribution in [1.82, 2.24) is 5.32 Å². The molecule has 13 heteroatoms. The van der Waals surface area contributed by atoms with Gasteiger partial charge in [-0.1, -0.05) is 6.07 Å². The van der Waals surface area contributed by atoms with Crippen LogP contribution in [0, 0.1) is 0 Å². The highest BCUT2D eigenvalue weighted by Gasteiger charge is 2.28. The molecule has 1 heterocycles. The Bertz CT molecular complexity index is 1150. The van der Waals surface area contributed by atoms with Gasteiger partial charge in [0.25, 0.3) is 11.8 Å². The molecule has 33 heavy (non-hydrogen) atoms. The molecule has 0 radical (unpaired) electrons. The zero-order valence-electron chi connectivity index (χ0n) is 17.2. The summed E-state index contributed by atoms with van der Waals surface area (Å²) in [5.41, 5.74) is 0.523. The van der Waals surface area contributed by atoms with Crippen molar-refractivity contribution in [2.75, 3.05) is 43.1 Å². The number of ether oxygens (including phenoxy) is 1. The van der Waals surface area contributed by atoms with Crippen LogP contribution in [0.2, 0.25) is 0 Å². The topological polar surface area (TPSA) is 131 Å². The van der Waals surface area contributed by atoms with Crippen LogP contribution in [0.1, 0.15) is 20.7 Å². The standard InChI is InChI=1S/C20H21F3N4O5S/c21-20(22,23)12-25-18(28)13-2-1-3-14(10-13)26-19(29)16-11-15(33(24,30)31)4-5-17(16)27-6-8-32-9-7-27/h1-5,10-11H,6-9,12H2,(H,25,28)(H,26,29)(H2,24,30,31). The molecule has 0 spiro atoms. The second-order valence-corrected chi connectivity index (χ2v) is 8.72. The number of nitrogens with one attached hydrogen (secondary N) is 2. The maximum atomic E-state index is 13.0. The number of benzene rings is 2. The van der Waals surface area contributed by atoms with Gasteiger partial charge in [-0.25, -0.2) is 13.6 Å². The third kappa shape index (κ3) is 6.66. The van der Waals surface area contributed by atoms with Crippen molar-refractivity contribution in [2.24, 2.45) is 5.14 Å². The highest BCUT2D eigenvalue weighted by Crippen LogP contribution is 2.26. The molecule has 2 aromatic rings. The molecule has 1 aliphatic rings. The number of hydrogen-bond donors (Lipinski definition) is 3. The second-order valence-electron chi connectivity index (χ2n) is 7.16. The van der Waals surface area contributed by atoms with Gasteiger partial charge in [0.05, 0.1) is 23.7 Å². The molecule has 0 atom stereocenters. The quantitative estimate of drug-likeness (QED) is 0.570. The lowest BCUT2D eigenvalue weighted by Gasteiger charge is -2.30. The number of carbonyl (C=O) groups excluding carboxylic acids is 2. The first-order valence-corrected chi connectivity index (χ1v) is 11.2. The van der Waals surface area contributed by atoms with Gasteiger partial charge in [-0.3, -0.25) is 9.59 Å². The predicted octanol–water partition coefficient (Wildman–Crippen LogP) is 1.71. The summed E-state index contributed by atoms with van der Waals surface area (Å²) in [6.07, 6.45) is -4.56. The first-order chi connectivity index (χ1) is 15.4. The van der Waals surface area contributed by atoms with Crippen LogP contribution in [0.15, 0.2) is 47.4 Å². The molecule has 0 saturated carbocycles. The lowest BCUT2D eigenvalue weighted by Crippen LogP contribution is -2.37. The van der Waals surface area contributed by atoms with Gasteiger partial charge in [0, 0.05) is 30.0 Å². The number of rotatable bonds is 6. The lowest BCUT2D eigenvalue weighted by atomic mass is 10.1. The Hall–Kier alpha value is -3.16. The van der Waals surface area contributed by atoms with Crippen molar-refractivity contribution >= 4 is 33.2 Å². The number of anilines is 2. The molecule has 1 fully saturated rings. The normalized spacial score (nSPS) is 14.6. The van der Waals surface area contributed by atoms with Gasteiger partial charge in [-0.05, 0) is 36.4 Å². The van der Waals surface area contributed by atoms with Crippen LogP contribution < -0.4 is 20.7 Å². The summed E-state index contributed by atoms with van der Waals surface area (Å²) in [6, 6.07) is 9.25. The summed E-state index contributed by atoms with van der Waals surface area (Å²) in [6.45, 7) is 0.305. The van der Waals surface area contributed by atoms with Gasteiger partial charge >= 0.3 is 6.18 Å². The summed E-state index contributed by atoms with van der Waals surface area (Å²) >= 11 is 0. The summed E-state index contributed by atoms with van der Waals surface area (Å²) in [5.74, 6) is -1.65. The summed E-state index contributed by atoms with van der Waals surface area (Å²) in [5, 5.41) is 9.50. The molecule has 3 rings (SSSR count). The fraction of sp³-hybridized carbons (Fsp3) is 0.300. The van der Waals surface area contributed by atoms with E-state index in [1.807, 2.05) is 4.90 Å². The largest absolute Gasteiger partial charge is 0.405 e. The van der Waals surface area contributed by atoms with E-state index in [1.165, 1.54) is 36.4 Å². The Balaban J connectivity index is 1.86. The molecule has 1 saturated heterocycles. The first kappa shape index (κ1) is 24.5. The van der Waals surface area contributed by atoms with Gasteiger partial charge in [0.1, 0.15) is 6.54 Å². The monoisotopic (exact) mass is 486 g/mol. The Labute approximate surface area is 187 Å². The van der Waals surface area contributed by atoms with Crippen molar-refractivity contribution in [3.8, 4) is 0 Å². The number of nitrogens with zero attached hydrogens (tertiary/aromatic N) is 1. The molecular weight excluding hydrogens is 465 g/mol. The Morgan fingerprint density at radius 1 is 1.06 bits per heavy atom. The Kier molecular flexibility index (Phi) is 7.25. The van der Waals surface area contributed by atoms with Crippen LogP contribution in [0.25, 0.3) is 0 Å². The third-order valence-electron chi connectivity index (χ3n) is 4.72. The molecule has 0 aliphatic carbocycles. The molecule has 4 N–H and O–H groups in total. The van der Waals surface area contributed by atoms with E-state index in [0.717, 1.165) is 6.07 Å². The van der Waals surface area contributed by atoms with Crippen molar-refractivity contribution in [3.05, 3.63) is 53.6 Å². The number of morpholine rings is 1. The predicted molar refractivity (Wildman–Crippen MR) is 114 cm³/mol. The maximum absolute atomic E-state index is 13.0. The van der Waals surface area contributed by atoms with E-state index in [2.05, 4.69) is 5.32 Å². The summed E-state index contributed by atoms with van der Waals surface area (Å²) in [7, 11) is -4.08. The first-order valence-electron chi connectivity index (χ1n) is 9.70. The fourth-order valence-electron chi connectivity index (χ4n) is 3.17. The van der Waals surface area contributed by atoms with Gasteiger partial charge in [-0.2, -0.15) is 13.2 Å². The van der Waals surface area contributed by atoms with Crippen molar-refractivity contribution in [1.29, 1.82) is 0 Å². The number of sulfonamides is 1. The van der Waals surface area contributed by atoms with Crippen LogP contribution in [0.3, 0.4) is 0 Å². The highest BCUT2D eigenvalue weighted by molar-refractivity contribution is 7.89. The average molecular weight is 486 g/mol. The summed E-state index contributed by atoms with van der Waals surface area (Å²) < 4.78 is 65.9. The molecule has 0 bridgehead atoms. The molecule has 2 aromatic carbocycles. The number of primary sulfonamides is 1. The molecule has 0 unspecified atom stereocenters. The highest BCUT2D eigenvalue weighted by atomic mass is 32.2. The van der Waals surface area contributed by atoms with Gasteiger partial charge in [0.2, 0.25) is 10.0 Å². The molecule has 178 valence electrons. The van der Waals surface area contributed by atoms with E-state index in [0.29, 0.717) is 32.0 Å². The van der Waals surface area contributed by atoms with E-state index in [4.69, 9.17) is 9.88 Å². The lowest BCUT2D eigenvalue weighted by molar-refractivity contribution is -0.123. The SMILES string of the molecule is NS(=O)(=O)c1ccc(N2CCOCC2)c(C(=O)Nc2cccc(C(=O)NCC(F)(F)F)c2)c1. The number of alkyl halides is 3. The van der Waals surface area contributed by atoms with E-state index >= 15 is 0 Å². The van der Waals surface area contributed by atoms with Gasteiger partial charge in [-0.15, -0.1) is 0 Å². The Morgan fingerprint density at radius 2 is 1.76 bits per heavy atom. The number of hydrogen-bond acceptors (Lipinski definition) is 6. The van der Waals surface area contributed by atoms with Gasteiger partial charge < -0.3 is 20.3 Å². The maximum Gasteiger partial charge on any atom is 0.405 e. The van der Waals surface area contributed by atoms with Crippen LogP contribution >= 0.6 is 0 Å². The van der Waals surface area contributed by atoms with Crippen molar-refractivity contribution in [2.45, 2.75) is 11.1 Å². The minimum Gasteiger partial charge on any atom is -0.378 e. The number of amides is 2. The van der Waals surface area contributed by atoms with Crippen LogP contribution in [0.4, 0.5) is 24.5 Å². The smallest absolute Gasteiger partial charge is 0.378 e. The van der Waals surface area contributed by atoms with Crippen molar-refractivity contribution in [3.63, 3.8) is 0 Å². The zero-order valence-corrected chi connectivity index (χ0v) is 18.0. The zero-order chi connectivity index (χ0) is 24.2. The van der Waals surface area contributed by atoms with E-state index in [-0.39, 0.29) is 21.7 Å². The number of halogens is 3. The average Bonchev–Trinajstić information content (AvgIpc) is 2.76. The van der Waals surface area contributed by atoms with E-state index in [1.54, 1.807) is 5.32 Å². The molecular formula is C20H21F3N4O5S. The fourth-order valence-corrected chi connectivity index (χ4v) is 3.71. The third-order valence-corrected chi connectivity index (χ3v) is 5.64. The second kappa shape index (κ2) is 9.77. The molecule has 9 nitrogen and oxygen atoms in total. The number of carbonyl (C=O) groups is 2. The van der Waals surface area contributed by atoms with Crippen molar-refractivity contribution < 1.29 is 35.9 Å². The number of nitrogens with two attached hydrogens (primary N) is 1. The van der Waals surface area contributed by atoms with E-state index < -0.39 is 34.6 Å². The minimum atomic E-state index is -4.56. The summed E-state index contributed by atoms with van der Waals surface area (Å²) in [4.78, 5) is 26.6. The Morgan fingerprint density at radius 3 is 2.39 bits per heavy atom. The van der Waals surface area contributed by atoms with Crippen LogP contribution in [-0.4, -0.2) is 59.3 Å². The molecule has 1 aliphatic heterocycles. The molecule has 2 amide bonds. The minimum absolute atomic E-state index is 0.0235. The van der Waals surface area contributed by atoms with Crippen LogP contribution in [-0.2, 0) is 14.8 Å². The van der Waals surface area contributed by atoms with Gasteiger partial charge in [0.15, 0.2) is 0 Å². The van der Waals surface area contributed by atoms with Crippen LogP contribution in [0.5, 0.6) is 0 Å².